The Kier molecular flexibility index (Phi) is 3.97. The summed E-state index contributed by atoms with van der Waals surface area (Å²) in [6.07, 6.45) is 3.03. The van der Waals surface area contributed by atoms with E-state index in [1.165, 1.54) is 0 Å². The number of hydrogen-bond acceptors (Lipinski definition) is 2. The van der Waals surface area contributed by atoms with Gasteiger partial charge in [-0.05, 0) is 19.2 Å². The Morgan fingerprint density at radius 3 is 2.65 bits per heavy atom. The quantitative estimate of drug-likeness (QED) is 0.939. The third-order valence-corrected chi connectivity index (χ3v) is 3.24. The maximum absolute atomic E-state index is 4.65. The highest BCUT2D eigenvalue weighted by Gasteiger charge is 2.06. The zero-order valence-corrected chi connectivity index (χ0v) is 11.7. The smallest absolute Gasteiger partial charge is 0.110 e. The average molecular weight is 294 g/mol. The molecule has 1 heterocycles. The van der Waals surface area contributed by atoms with E-state index in [4.69, 9.17) is 0 Å². The first kappa shape index (κ1) is 12.3. The molecule has 0 atom stereocenters. The molecule has 0 saturated heterocycles. The van der Waals surface area contributed by atoms with Crippen molar-refractivity contribution < 1.29 is 0 Å². The minimum Gasteiger partial charge on any atom is -0.337 e. The molecule has 17 heavy (non-hydrogen) atoms. The van der Waals surface area contributed by atoms with Gasteiger partial charge < -0.3 is 9.88 Å². The number of halogens is 1. The lowest BCUT2D eigenvalue weighted by Gasteiger charge is -1.99. The molecule has 0 aliphatic heterocycles. The van der Waals surface area contributed by atoms with Gasteiger partial charge in [0.05, 0.1) is 5.69 Å². The molecule has 90 valence electrons. The van der Waals surface area contributed by atoms with Crippen LogP contribution >= 0.6 is 15.9 Å². The summed E-state index contributed by atoms with van der Waals surface area (Å²) in [6.45, 7) is 0.949. The molecule has 0 amide bonds. The Balaban J connectivity index is 2.24. The van der Waals surface area contributed by atoms with E-state index in [0.29, 0.717) is 0 Å². The fourth-order valence-electron chi connectivity index (χ4n) is 1.73. The number of likely N-dealkylation sites (N-methyl/N-ethyl adjacent to an activating group) is 1. The highest BCUT2D eigenvalue weighted by Crippen LogP contribution is 2.20. The molecular weight excluding hydrogens is 278 g/mol. The third kappa shape index (κ3) is 2.96. The lowest BCUT2D eigenvalue weighted by Crippen LogP contribution is -2.12. The van der Waals surface area contributed by atoms with Crippen molar-refractivity contribution in [1.29, 1.82) is 0 Å². The lowest BCUT2D eigenvalue weighted by molar-refractivity contribution is 0.718. The van der Waals surface area contributed by atoms with Gasteiger partial charge in [-0.3, -0.25) is 0 Å². The van der Waals surface area contributed by atoms with E-state index in [2.05, 4.69) is 49.1 Å². The van der Waals surface area contributed by atoms with Crippen molar-refractivity contribution in [2.45, 2.75) is 6.42 Å². The number of hydrogen-bond donors (Lipinski definition) is 1. The summed E-state index contributed by atoms with van der Waals surface area (Å²) in [4.78, 5) is 4.65. The van der Waals surface area contributed by atoms with Crippen molar-refractivity contribution in [3.63, 3.8) is 0 Å². The Labute approximate surface area is 110 Å². The Bertz CT molecular complexity index is 488. The second-order valence-corrected chi connectivity index (χ2v) is 4.93. The molecule has 0 saturated carbocycles. The standard InChI is InChI=1S/C13H16BrN3/c1-15-8-7-13-16-12(9-17(13)2)10-3-5-11(14)6-4-10/h3-6,9,15H,7-8H2,1-2H3. The van der Waals surface area contributed by atoms with E-state index in [9.17, 15) is 0 Å². The van der Waals surface area contributed by atoms with Crippen molar-refractivity contribution in [2.24, 2.45) is 7.05 Å². The van der Waals surface area contributed by atoms with Gasteiger partial charge >= 0.3 is 0 Å². The summed E-state index contributed by atoms with van der Waals surface area (Å²) in [5.74, 6) is 1.11. The van der Waals surface area contributed by atoms with Gasteiger partial charge in [-0.25, -0.2) is 4.98 Å². The van der Waals surface area contributed by atoms with Crippen LogP contribution in [0.5, 0.6) is 0 Å². The molecule has 3 nitrogen and oxygen atoms in total. The summed E-state index contributed by atoms with van der Waals surface area (Å²) in [5, 5.41) is 3.14. The van der Waals surface area contributed by atoms with Gasteiger partial charge in [0.1, 0.15) is 5.82 Å². The Morgan fingerprint density at radius 1 is 1.29 bits per heavy atom. The first-order valence-electron chi connectivity index (χ1n) is 5.63. The Morgan fingerprint density at radius 2 is 2.00 bits per heavy atom. The number of rotatable bonds is 4. The third-order valence-electron chi connectivity index (χ3n) is 2.71. The van der Waals surface area contributed by atoms with Crippen LogP contribution < -0.4 is 5.32 Å². The summed E-state index contributed by atoms with van der Waals surface area (Å²) in [5.41, 5.74) is 2.19. The largest absolute Gasteiger partial charge is 0.337 e. The molecule has 0 aliphatic rings. The molecule has 0 spiro atoms. The van der Waals surface area contributed by atoms with Crippen molar-refractivity contribution in [3.8, 4) is 11.3 Å². The summed E-state index contributed by atoms with van der Waals surface area (Å²) >= 11 is 3.44. The molecule has 0 radical (unpaired) electrons. The molecule has 0 fully saturated rings. The van der Waals surface area contributed by atoms with Crippen LogP contribution in [0.15, 0.2) is 34.9 Å². The number of imidazole rings is 1. The first-order chi connectivity index (χ1) is 8.20. The van der Waals surface area contributed by atoms with E-state index in [1.807, 2.05) is 26.2 Å². The van der Waals surface area contributed by atoms with E-state index < -0.39 is 0 Å². The molecule has 0 bridgehead atoms. The van der Waals surface area contributed by atoms with Gasteiger partial charge in [0.2, 0.25) is 0 Å². The SMILES string of the molecule is CNCCc1nc(-c2ccc(Br)cc2)cn1C. The first-order valence-corrected chi connectivity index (χ1v) is 6.43. The molecule has 2 rings (SSSR count). The molecule has 1 aromatic heterocycles. The van der Waals surface area contributed by atoms with Crippen LogP contribution in [0.1, 0.15) is 5.82 Å². The minimum absolute atomic E-state index is 0.948. The number of nitrogens with one attached hydrogen (secondary N) is 1. The molecule has 4 heteroatoms. The molecule has 0 unspecified atom stereocenters. The highest BCUT2D eigenvalue weighted by molar-refractivity contribution is 9.10. The number of benzene rings is 1. The zero-order chi connectivity index (χ0) is 12.3. The van der Waals surface area contributed by atoms with Crippen molar-refractivity contribution in [3.05, 3.63) is 40.8 Å². The topological polar surface area (TPSA) is 29.9 Å². The predicted octanol–water partition coefficient (Wildman–Crippen LogP) is 2.61. The van der Waals surface area contributed by atoms with Gasteiger partial charge in [-0.2, -0.15) is 0 Å². The summed E-state index contributed by atoms with van der Waals surface area (Å²) < 4.78 is 3.18. The molecule has 1 N–H and O–H groups in total. The second-order valence-electron chi connectivity index (χ2n) is 4.01. The number of nitrogens with zero attached hydrogens (tertiary/aromatic N) is 2. The van der Waals surface area contributed by atoms with Crippen LogP contribution in [0.4, 0.5) is 0 Å². The van der Waals surface area contributed by atoms with Gasteiger partial charge in [0.15, 0.2) is 0 Å². The van der Waals surface area contributed by atoms with Crippen LogP contribution in [0.25, 0.3) is 11.3 Å². The van der Waals surface area contributed by atoms with E-state index in [1.54, 1.807) is 0 Å². The number of aryl methyl sites for hydroxylation is 1. The average Bonchev–Trinajstić information content (AvgIpc) is 2.69. The maximum atomic E-state index is 4.65. The zero-order valence-electron chi connectivity index (χ0n) is 10.1. The van der Waals surface area contributed by atoms with Gasteiger partial charge in [-0.1, -0.05) is 28.1 Å². The van der Waals surface area contributed by atoms with Crippen molar-refractivity contribution in [2.75, 3.05) is 13.6 Å². The van der Waals surface area contributed by atoms with E-state index >= 15 is 0 Å². The molecular formula is C13H16BrN3. The van der Waals surface area contributed by atoms with Crippen molar-refractivity contribution >= 4 is 15.9 Å². The van der Waals surface area contributed by atoms with Gasteiger partial charge in [-0.15, -0.1) is 0 Å². The second kappa shape index (κ2) is 5.47. The van der Waals surface area contributed by atoms with Crippen LogP contribution in [0.3, 0.4) is 0 Å². The molecule has 2 aromatic rings. The predicted molar refractivity (Wildman–Crippen MR) is 74.0 cm³/mol. The van der Waals surface area contributed by atoms with Gasteiger partial charge in [0.25, 0.3) is 0 Å². The fraction of sp³-hybridized carbons (Fsp3) is 0.308. The van der Waals surface area contributed by atoms with E-state index in [-0.39, 0.29) is 0 Å². The Hall–Kier alpha value is -1.13. The van der Waals surface area contributed by atoms with E-state index in [0.717, 1.165) is 34.5 Å². The normalized spacial score (nSPS) is 10.8. The van der Waals surface area contributed by atoms with Crippen LogP contribution in [0.2, 0.25) is 0 Å². The fourth-order valence-corrected chi connectivity index (χ4v) is 2.00. The summed E-state index contributed by atoms with van der Waals surface area (Å²) in [6, 6.07) is 8.23. The number of aromatic nitrogens is 2. The van der Waals surface area contributed by atoms with Crippen LogP contribution in [-0.4, -0.2) is 23.1 Å². The monoisotopic (exact) mass is 293 g/mol. The lowest BCUT2D eigenvalue weighted by atomic mass is 10.2. The van der Waals surface area contributed by atoms with Crippen LogP contribution in [0, 0.1) is 0 Å². The molecule has 1 aromatic carbocycles. The molecule has 0 aliphatic carbocycles. The van der Waals surface area contributed by atoms with Gasteiger partial charge in [0, 0.05) is 36.2 Å². The summed E-state index contributed by atoms with van der Waals surface area (Å²) in [7, 11) is 4.00. The highest BCUT2D eigenvalue weighted by atomic mass is 79.9. The minimum atomic E-state index is 0.948. The van der Waals surface area contributed by atoms with Crippen LogP contribution in [-0.2, 0) is 13.5 Å². The van der Waals surface area contributed by atoms with Crippen molar-refractivity contribution in [1.82, 2.24) is 14.9 Å². The maximum Gasteiger partial charge on any atom is 0.110 e.